The van der Waals surface area contributed by atoms with Gasteiger partial charge in [0.25, 0.3) is 0 Å². The average Bonchev–Trinajstić information content (AvgIpc) is 2.70. The summed E-state index contributed by atoms with van der Waals surface area (Å²) < 4.78 is 13.0. The smallest absolute Gasteiger partial charge is 0.212 e. The van der Waals surface area contributed by atoms with Crippen LogP contribution in [0.1, 0.15) is 5.69 Å². The molecule has 4 rings (SSSR count). The van der Waals surface area contributed by atoms with E-state index >= 15 is 0 Å². The number of piperazine rings is 1. The Morgan fingerprint density at radius 1 is 1.00 bits per heavy atom. The summed E-state index contributed by atoms with van der Waals surface area (Å²) in [4.78, 5) is 29.4. The van der Waals surface area contributed by atoms with E-state index in [0.717, 1.165) is 53.9 Å². The van der Waals surface area contributed by atoms with Gasteiger partial charge in [-0.15, -0.1) is 0 Å². The van der Waals surface area contributed by atoms with Gasteiger partial charge in [0.2, 0.25) is 5.95 Å². The third-order valence-electron chi connectivity index (χ3n) is 5.06. The van der Waals surface area contributed by atoms with Crippen LogP contribution < -0.4 is 0 Å². The Labute approximate surface area is 163 Å². The summed E-state index contributed by atoms with van der Waals surface area (Å²) in [6.45, 7) is 4.30. The molecule has 1 fully saturated rings. The second-order valence-electron chi connectivity index (χ2n) is 7.26. The van der Waals surface area contributed by atoms with Crippen LogP contribution >= 0.6 is 0 Å². The maximum Gasteiger partial charge on any atom is 0.212 e. The van der Waals surface area contributed by atoms with Crippen LogP contribution in [0.15, 0.2) is 42.9 Å². The van der Waals surface area contributed by atoms with Gasteiger partial charge in [-0.1, -0.05) is 0 Å². The third-order valence-corrected chi connectivity index (χ3v) is 5.06. The molecule has 0 amide bonds. The highest BCUT2D eigenvalue weighted by Gasteiger charge is 2.17. The molecule has 1 aliphatic rings. The number of hydrogen-bond donors (Lipinski definition) is 0. The summed E-state index contributed by atoms with van der Waals surface area (Å²) in [5, 5.41) is 0.902. The monoisotopic (exact) mass is 379 g/mol. The average molecular weight is 379 g/mol. The standard InChI is InChI=1S/C21H22FN5O/c1-26-4-6-27(7-5-26)14-19(28)10-18-9-16-8-17(12-24-20(16)13-23-18)15-2-3-21(22)25-11-15/h2-3,8-9,11-13H,4-7,10,14H2,1H3. The summed E-state index contributed by atoms with van der Waals surface area (Å²) in [6.07, 6.45) is 5.21. The molecule has 6 nitrogen and oxygen atoms in total. The second kappa shape index (κ2) is 8.08. The molecule has 0 radical (unpaired) electrons. The van der Waals surface area contributed by atoms with Crippen LogP contribution in [0.4, 0.5) is 4.39 Å². The van der Waals surface area contributed by atoms with Gasteiger partial charge in [-0.05, 0) is 31.3 Å². The van der Waals surface area contributed by atoms with Crippen molar-refractivity contribution in [3.05, 3.63) is 54.5 Å². The van der Waals surface area contributed by atoms with E-state index in [1.54, 1.807) is 18.5 Å². The summed E-state index contributed by atoms with van der Waals surface area (Å²) in [5.41, 5.74) is 3.14. The van der Waals surface area contributed by atoms with Crippen molar-refractivity contribution >= 4 is 16.7 Å². The minimum atomic E-state index is -0.511. The van der Waals surface area contributed by atoms with Crippen molar-refractivity contribution < 1.29 is 9.18 Å². The Hall–Kier alpha value is -2.77. The van der Waals surface area contributed by atoms with Crippen molar-refractivity contribution in [2.45, 2.75) is 6.42 Å². The molecule has 0 aliphatic carbocycles. The van der Waals surface area contributed by atoms with Gasteiger partial charge in [-0.3, -0.25) is 19.7 Å². The Morgan fingerprint density at radius 3 is 2.54 bits per heavy atom. The number of aromatic nitrogens is 3. The first kappa shape index (κ1) is 18.6. The molecule has 7 heteroatoms. The molecule has 3 aromatic rings. The molecular weight excluding hydrogens is 357 g/mol. The van der Waals surface area contributed by atoms with E-state index in [9.17, 15) is 9.18 Å². The van der Waals surface area contributed by atoms with Crippen LogP contribution in [0.3, 0.4) is 0 Å². The Morgan fingerprint density at radius 2 is 1.79 bits per heavy atom. The van der Waals surface area contributed by atoms with E-state index < -0.39 is 5.95 Å². The van der Waals surface area contributed by atoms with Crippen LogP contribution in [-0.4, -0.2) is 70.3 Å². The molecule has 144 valence electrons. The molecule has 0 unspecified atom stereocenters. The van der Waals surface area contributed by atoms with Gasteiger partial charge in [0.05, 0.1) is 24.7 Å². The van der Waals surface area contributed by atoms with Crippen molar-refractivity contribution in [3.8, 4) is 11.1 Å². The Bertz CT molecular complexity index is 984. The normalized spacial score (nSPS) is 15.8. The van der Waals surface area contributed by atoms with E-state index in [-0.39, 0.29) is 5.78 Å². The van der Waals surface area contributed by atoms with Crippen molar-refractivity contribution in [1.82, 2.24) is 24.8 Å². The van der Waals surface area contributed by atoms with Crippen LogP contribution in [0.2, 0.25) is 0 Å². The predicted molar refractivity (Wildman–Crippen MR) is 105 cm³/mol. The first-order chi connectivity index (χ1) is 13.6. The molecule has 28 heavy (non-hydrogen) atoms. The quantitative estimate of drug-likeness (QED) is 0.634. The zero-order chi connectivity index (χ0) is 19.5. The zero-order valence-corrected chi connectivity index (χ0v) is 15.8. The molecule has 0 saturated carbocycles. The number of rotatable bonds is 5. The first-order valence-corrected chi connectivity index (χ1v) is 9.36. The van der Waals surface area contributed by atoms with E-state index in [2.05, 4.69) is 31.8 Å². The van der Waals surface area contributed by atoms with Crippen LogP contribution in [0, 0.1) is 5.95 Å². The van der Waals surface area contributed by atoms with E-state index in [0.29, 0.717) is 13.0 Å². The minimum Gasteiger partial charge on any atom is -0.304 e. The third kappa shape index (κ3) is 4.37. The predicted octanol–water partition coefficient (Wildman–Crippen LogP) is 2.19. The number of Topliss-reactive ketones (excluding diaryl/α,β-unsaturated/α-hetero) is 1. The zero-order valence-electron chi connectivity index (χ0n) is 15.8. The van der Waals surface area contributed by atoms with E-state index in [4.69, 9.17) is 0 Å². The maximum atomic E-state index is 13.0. The number of carbonyl (C=O) groups is 1. The summed E-state index contributed by atoms with van der Waals surface area (Å²) in [5.74, 6) is -0.342. The first-order valence-electron chi connectivity index (χ1n) is 9.36. The second-order valence-corrected chi connectivity index (χ2v) is 7.26. The van der Waals surface area contributed by atoms with Crippen LogP contribution in [0.5, 0.6) is 0 Å². The van der Waals surface area contributed by atoms with E-state index in [1.165, 1.54) is 12.3 Å². The lowest BCUT2D eigenvalue weighted by molar-refractivity contribution is -0.120. The SMILES string of the molecule is CN1CCN(CC(=O)Cc2cc3cc(-c4ccc(F)nc4)cnc3cn2)CC1. The molecule has 3 aromatic heterocycles. The fourth-order valence-corrected chi connectivity index (χ4v) is 3.39. The molecular formula is C21H22FN5O. The van der Waals surface area contributed by atoms with Gasteiger partial charge in [0.15, 0.2) is 5.78 Å². The highest BCUT2D eigenvalue weighted by molar-refractivity contribution is 5.86. The number of carbonyl (C=O) groups excluding carboxylic acids is 1. The van der Waals surface area contributed by atoms with Crippen molar-refractivity contribution in [3.63, 3.8) is 0 Å². The summed E-state index contributed by atoms with van der Waals surface area (Å²) in [6, 6.07) is 6.87. The van der Waals surface area contributed by atoms with Crippen LogP contribution in [0.25, 0.3) is 22.0 Å². The van der Waals surface area contributed by atoms with Crippen molar-refractivity contribution in [2.75, 3.05) is 39.8 Å². The van der Waals surface area contributed by atoms with E-state index in [1.807, 2.05) is 12.1 Å². The Balaban J connectivity index is 1.48. The molecule has 1 aliphatic heterocycles. The highest BCUT2D eigenvalue weighted by atomic mass is 19.1. The fraction of sp³-hybridized carbons (Fsp3) is 0.333. The number of likely N-dealkylation sites (N-methyl/N-ethyl adjacent to an activating group) is 1. The molecule has 0 N–H and O–H groups in total. The molecule has 0 spiro atoms. The lowest BCUT2D eigenvalue weighted by Gasteiger charge is -2.31. The van der Waals surface area contributed by atoms with Gasteiger partial charge >= 0.3 is 0 Å². The number of nitrogens with zero attached hydrogens (tertiary/aromatic N) is 5. The van der Waals surface area contributed by atoms with Gasteiger partial charge in [-0.25, -0.2) is 4.98 Å². The number of hydrogen-bond acceptors (Lipinski definition) is 6. The number of ketones is 1. The van der Waals surface area contributed by atoms with Crippen molar-refractivity contribution in [2.24, 2.45) is 0 Å². The van der Waals surface area contributed by atoms with Crippen LogP contribution in [-0.2, 0) is 11.2 Å². The number of fused-ring (bicyclic) bond motifs is 1. The highest BCUT2D eigenvalue weighted by Crippen LogP contribution is 2.22. The lowest BCUT2D eigenvalue weighted by atomic mass is 10.1. The summed E-state index contributed by atoms with van der Waals surface area (Å²) in [7, 11) is 2.10. The number of halogens is 1. The molecule has 1 saturated heterocycles. The largest absolute Gasteiger partial charge is 0.304 e. The number of pyridine rings is 3. The Kier molecular flexibility index (Phi) is 5.36. The van der Waals surface area contributed by atoms with Gasteiger partial charge in [-0.2, -0.15) is 4.39 Å². The molecule has 4 heterocycles. The molecule has 0 aromatic carbocycles. The van der Waals surface area contributed by atoms with Gasteiger partial charge in [0.1, 0.15) is 0 Å². The molecule has 0 bridgehead atoms. The fourth-order valence-electron chi connectivity index (χ4n) is 3.39. The van der Waals surface area contributed by atoms with Crippen molar-refractivity contribution in [1.29, 1.82) is 0 Å². The maximum absolute atomic E-state index is 13.0. The minimum absolute atomic E-state index is 0.170. The van der Waals surface area contributed by atoms with Gasteiger partial charge in [0, 0.05) is 60.8 Å². The molecule has 0 atom stereocenters. The topological polar surface area (TPSA) is 62.2 Å². The lowest BCUT2D eigenvalue weighted by Crippen LogP contribution is -2.46. The summed E-state index contributed by atoms with van der Waals surface area (Å²) >= 11 is 0. The van der Waals surface area contributed by atoms with Gasteiger partial charge < -0.3 is 4.90 Å².